The molecule has 1 fully saturated rings. The molecule has 1 saturated carbocycles. The fraction of sp³-hybridized carbons (Fsp3) is 0.652. The van der Waals surface area contributed by atoms with Crippen molar-refractivity contribution in [3.8, 4) is 0 Å². The van der Waals surface area contributed by atoms with Crippen LogP contribution in [0.3, 0.4) is 0 Å². The Morgan fingerprint density at radius 2 is 1.56 bits per heavy atom. The Morgan fingerprint density at radius 3 is 2.00 bits per heavy atom. The van der Waals surface area contributed by atoms with Crippen LogP contribution in [0.15, 0.2) is 24.3 Å². The van der Waals surface area contributed by atoms with Crippen LogP contribution in [0, 0.1) is 0 Å². The number of benzene rings is 1. The first-order chi connectivity index (χ1) is 18.1. The number of hydrogen-bond acceptors (Lipinski definition) is 6. The van der Waals surface area contributed by atoms with Gasteiger partial charge in [0.2, 0.25) is 5.91 Å². The van der Waals surface area contributed by atoms with Crippen LogP contribution in [-0.4, -0.2) is 78.5 Å². The zero-order valence-corrected chi connectivity index (χ0v) is 24.8. The minimum atomic E-state index is -5.62. The van der Waals surface area contributed by atoms with Gasteiger partial charge in [0.1, 0.15) is 18.8 Å². The number of nitrogens with two attached hydrogens (primary N) is 1. The third-order valence-electron chi connectivity index (χ3n) is 7.48. The summed E-state index contributed by atoms with van der Waals surface area (Å²) in [7, 11) is -11.2. The molecule has 1 aliphatic carbocycles. The molecule has 0 saturated heterocycles. The molecule has 0 bridgehead atoms. The molecule has 222 valence electrons. The summed E-state index contributed by atoms with van der Waals surface area (Å²) < 4.78 is 23.6. The molecular weight excluding hydrogens is 595 g/mol. The van der Waals surface area contributed by atoms with Crippen molar-refractivity contribution >= 4 is 56.4 Å². The average molecular weight is 633 g/mol. The summed E-state index contributed by atoms with van der Waals surface area (Å²) in [6, 6.07) is 5.99. The summed E-state index contributed by atoms with van der Waals surface area (Å²) in [5, 5.41) is 9.62. The Kier molecular flexibility index (Phi) is 12.2. The van der Waals surface area contributed by atoms with E-state index in [9.17, 15) is 43.4 Å². The van der Waals surface area contributed by atoms with Gasteiger partial charge in [0.05, 0.1) is 17.8 Å². The molecule has 0 heterocycles. The SMILES string of the molecule is N[C@@H](Cc1ccc([N+](C=O)(CCCl)CCCl)cc1)C(=O)NC1(CCC(O)(P(=O)(O)O)P(=O)(O)O)CCCCC1. The van der Waals surface area contributed by atoms with Crippen LogP contribution in [0.25, 0.3) is 0 Å². The predicted octanol–water partition coefficient (Wildman–Crippen LogP) is 2.10. The first-order valence-electron chi connectivity index (χ1n) is 12.5. The van der Waals surface area contributed by atoms with Crippen LogP contribution in [0.1, 0.15) is 50.5 Å². The summed E-state index contributed by atoms with van der Waals surface area (Å²) in [6.45, 7) is 0.723. The van der Waals surface area contributed by atoms with Crippen molar-refractivity contribution in [1.29, 1.82) is 0 Å². The lowest BCUT2D eigenvalue weighted by molar-refractivity contribution is -0.125. The lowest BCUT2D eigenvalue weighted by Crippen LogP contribution is -2.55. The number of nitrogens with zero attached hydrogens (tertiary/aromatic N) is 1. The molecule has 8 N–H and O–H groups in total. The molecular formula is C23H38Cl2N3O9P2+. The van der Waals surface area contributed by atoms with E-state index in [0.717, 1.165) is 18.4 Å². The third-order valence-corrected chi connectivity index (χ3v) is 11.7. The van der Waals surface area contributed by atoms with Crippen molar-refractivity contribution in [2.45, 2.75) is 68.0 Å². The number of carbonyl (C=O) groups excluding carboxylic acids is 2. The van der Waals surface area contributed by atoms with Gasteiger partial charge in [0.25, 0.3) is 5.08 Å². The minimum absolute atomic E-state index is 0.0437. The van der Waals surface area contributed by atoms with Gasteiger partial charge in [-0.25, -0.2) is 9.28 Å². The third kappa shape index (κ3) is 8.33. The number of amides is 2. The zero-order chi connectivity index (χ0) is 29.5. The van der Waals surface area contributed by atoms with E-state index in [1.165, 1.54) is 0 Å². The quantitative estimate of drug-likeness (QED) is 0.0648. The first kappa shape index (κ1) is 34.3. The van der Waals surface area contributed by atoms with E-state index < -0.39 is 44.2 Å². The highest BCUT2D eigenvalue weighted by atomic mass is 35.5. The summed E-state index contributed by atoms with van der Waals surface area (Å²) in [5.74, 6) is -0.0347. The van der Waals surface area contributed by atoms with Crippen LogP contribution in [0.4, 0.5) is 5.69 Å². The molecule has 2 amide bonds. The van der Waals surface area contributed by atoms with Crippen LogP contribution >= 0.6 is 38.4 Å². The van der Waals surface area contributed by atoms with Gasteiger partial charge in [0.15, 0.2) is 0 Å². The maximum atomic E-state index is 13.1. The fourth-order valence-corrected chi connectivity index (χ4v) is 7.77. The van der Waals surface area contributed by atoms with Crippen LogP contribution in [0.2, 0.25) is 0 Å². The van der Waals surface area contributed by atoms with Gasteiger partial charge in [-0.05, 0) is 43.4 Å². The monoisotopic (exact) mass is 632 g/mol. The molecule has 1 aromatic rings. The average Bonchev–Trinajstić information content (AvgIpc) is 2.86. The van der Waals surface area contributed by atoms with E-state index in [1.807, 2.05) is 0 Å². The predicted molar refractivity (Wildman–Crippen MR) is 149 cm³/mol. The molecule has 39 heavy (non-hydrogen) atoms. The van der Waals surface area contributed by atoms with Crippen molar-refractivity contribution < 1.29 is 43.4 Å². The number of nitrogens with one attached hydrogen (secondary N) is 1. The fourth-order valence-electron chi connectivity index (χ4n) is 5.00. The Balaban J connectivity index is 2.17. The van der Waals surface area contributed by atoms with Crippen molar-refractivity contribution in [2.75, 3.05) is 24.8 Å². The molecule has 2 rings (SSSR count). The van der Waals surface area contributed by atoms with Crippen molar-refractivity contribution in [3.05, 3.63) is 29.8 Å². The second-order valence-corrected chi connectivity index (χ2v) is 14.9. The maximum absolute atomic E-state index is 13.1. The van der Waals surface area contributed by atoms with Crippen molar-refractivity contribution in [1.82, 2.24) is 9.80 Å². The number of rotatable bonds is 15. The van der Waals surface area contributed by atoms with E-state index in [4.69, 9.17) is 28.9 Å². The molecule has 1 aromatic carbocycles. The highest BCUT2D eigenvalue weighted by molar-refractivity contribution is 7.72. The zero-order valence-electron chi connectivity index (χ0n) is 21.5. The Bertz CT molecular complexity index is 1050. The lowest BCUT2D eigenvalue weighted by atomic mass is 9.78. The standard InChI is InChI=1S/C23H37Cl2N3O9P2/c24-12-14-28(17-29,15-13-25)19-6-4-18(5-7-19)16-20(26)21(30)27-22(8-2-1-3-9-22)10-11-23(31,38(32,33)34)39(35,36)37/h4-7,17,20,31H,1-3,8-16,26H2,(H4-,27,30,32,33,34,35,36,37)/p+1/t20-/m0/s1. The molecule has 0 unspecified atom stereocenters. The molecule has 12 nitrogen and oxygen atoms in total. The van der Waals surface area contributed by atoms with Gasteiger partial charge < -0.3 is 35.7 Å². The number of carbonyl (C=O) groups is 2. The lowest BCUT2D eigenvalue weighted by Gasteiger charge is -2.41. The van der Waals surface area contributed by atoms with Gasteiger partial charge >= 0.3 is 21.6 Å². The summed E-state index contributed by atoms with van der Waals surface area (Å²) in [6.07, 6.45) is 2.73. The van der Waals surface area contributed by atoms with Gasteiger partial charge in [0, 0.05) is 12.0 Å². The summed E-state index contributed by atoms with van der Waals surface area (Å²) in [5.41, 5.74) is 6.55. The Hall–Kier alpha value is -0.880. The molecule has 0 radical (unpaired) electrons. The van der Waals surface area contributed by atoms with Crippen LogP contribution in [0.5, 0.6) is 0 Å². The van der Waals surface area contributed by atoms with Gasteiger partial charge in [-0.2, -0.15) is 0 Å². The highest BCUT2D eigenvalue weighted by Gasteiger charge is 2.59. The molecule has 1 atom stereocenters. The molecule has 0 spiro atoms. The van der Waals surface area contributed by atoms with Gasteiger partial charge in [-0.3, -0.25) is 13.9 Å². The van der Waals surface area contributed by atoms with E-state index in [-0.39, 0.29) is 29.1 Å². The number of hydrogen-bond donors (Lipinski definition) is 7. The normalized spacial score (nSPS) is 17.4. The maximum Gasteiger partial charge on any atom is 0.369 e. The van der Waals surface area contributed by atoms with Crippen molar-refractivity contribution in [2.24, 2.45) is 5.73 Å². The van der Waals surface area contributed by atoms with Crippen molar-refractivity contribution in [3.63, 3.8) is 0 Å². The molecule has 1 aliphatic rings. The van der Waals surface area contributed by atoms with Gasteiger partial charge in [-0.1, -0.05) is 31.4 Å². The van der Waals surface area contributed by atoms with Gasteiger partial charge in [-0.15, -0.1) is 23.2 Å². The van der Waals surface area contributed by atoms with E-state index in [2.05, 4.69) is 5.32 Å². The molecule has 16 heteroatoms. The minimum Gasteiger partial charge on any atom is -0.368 e. The number of quaternary nitrogens is 1. The van der Waals surface area contributed by atoms with Crippen LogP contribution in [-0.2, 0) is 25.1 Å². The smallest absolute Gasteiger partial charge is 0.368 e. The highest BCUT2D eigenvalue weighted by Crippen LogP contribution is 2.69. The summed E-state index contributed by atoms with van der Waals surface area (Å²) in [4.78, 5) is 63.0. The molecule has 0 aromatic heterocycles. The summed E-state index contributed by atoms with van der Waals surface area (Å²) >= 11 is 11.8. The number of aliphatic hydroxyl groups is 1. The largest absolute Gasteiger partial charge is 0.369 e. The topological polar surface area (TPSA) is 207 Å². The van der Waals surface area contributed by atoms with E-state index in [1.54, 1.807) is 24.3 Å². The van der Waals surface area contributed by atoms with E-state index in [0.29, 0.717) is 44.5 Å². The Morgan fingerprint density at radius 1 is 1.05 bits per heavy atom. The van der Waals surface area contributed by atoms with Crippen LogP contribution < -0.4 is 15.5 Å². The number of halogens is 2. The Labute approximate surface area is 237 Å². The second kappa shape index (κ2) is 13.9. The second-order valence-electron chi connectivity index (χ2n) is 10.1. The first-order valence-corrected chi connectivity index (χ1v) is 16.8. The van der Waals surface area contributed by atoms with E-state index >= 15 is 0 Å². The number of alkyl halides is 2. The molecule has 0 aliphatic heterocycles.